The molecule has 0 aliphatic heterocycles. The molecule has 0 amide bonds. The maximum absolute atomic E-state index is 11.9. The average Bonchev–Trinajstić information content (AvgIpc) is 3.12. The first-order valence-corrected chi connectivity index (χ1v) is 20.2. The molecule has 222 valence electrons. The van der Waals surface area contributed by atoms with E-state index in [2.05, 4.69) is 182 Å². The molecule has 3 heteroatoms. The Morgan fingerprint density at radius 1 is 0.318 bits per heavy atom. The van der Waals surface area contributed by atoms with Crippen LogP contribution in [-0.4, -0.2) is 23.5 Å². The van der Waals surface area contributed by atoms with E-state index in [-0.39, 0.29) is 0 Å². The van der Waals surface area contributed by atoms with Crippen LogP contribution in [0.15, 0.2) is 182 Å². The molecule has 0 saturated carbocycles. The van der Waals surface area contributed by atoms with Gasteiger partial charge in [-0.3, -0.25) is 0 Å². The van der Waals surface area contributed by atoms with Crippen LogP contribution in [0, 0.1) is 0 Å². The molecule has 0 heterocycles. The average molecular weight is 613 g/mol. The second kappa shape index (κ2) is 14.3. The molecule has 6 rings (SSSR count). The summed E-state index contributed by atoms with van der Waals surface area (Å²) in [5.74, 6) is 0. The van der Waals surface area contributed by atoms with Gasteiger partial charge in [-0.25, -0.2) is 0 Å². The minimum absolute atomic E-state index is 0.402. The molecule has 0 atom stereocenters. The molecule has 6 aromatic carbocycles. The van der Waals surface area contributed by atoms with E-state index in [0.29, 0.717) is 0 Å². The van der Waals surface area contributed by atoms with Gasteiger partial charge in [-0.2, -0.15) is 0 Å². The number of aliphatic hydroxyl groups is 1. The van der Waals surface area contributed by atoms with Gasteiger partial charge in [-0.15, -0.1) is 0 Å². The standard InChI is InChI=1S/C41H42OP2/c42-35(31-33-43(36-19-7-1-8-20-36,37-21-9-2-10-22-37)38-23-11-3-12-24-38)32-34-44(39-25-13-4-14-26-39,40-27-15-5-16-28-40)41-29-17-6-18-30-41/h1-30,35,42-44H,31-34H2. The predicted octanol–water partition coefficient (Wildman–Crippen LogP) is 6.58. The molecule has 44 heavy (non-hydrogen) atoms. The van der Waals surface area contributed by atoms with E-state index in [1.165, 1.54) is 31.8 Å². The Morgan fingerprint density at radius 2 is 0.500 bits per heavy atom. The zero-order valence-electron chi connectivity index (χ0n) is 25.2. The van der Waals surface area contributed by atoms with Crippen LogP contribution in [0.2, 0.25) is 0 Å². The summed E-state index contributed by atoms with van der Waals surface area (Å²) in [6, 6.07) is 66.2. The van der Waals surface area contributed by atoms with E-state index in [1.54, 1.807) is 0 Å². The third-order valence-corrected chi connectivity index (χ3v) is 19.3. The molecule has 0 bridgehead atoms. The zero-order chi connectivity index (χ0) is 30.1. The molecule has 0 aliphatic rings. The monoisotopic (exact) mass is 612 g/mol. The quantitative estimate of drug-likeness (QED) is 0.155. The summed E-state index contributed by atoms with van der Waals surface area (Å²) in [6.07, 6.45) is 3.01. The SMILES string of the molecule is OC(CC[PH](c1ccccc1)(c1ccccc1)c1ccccc1)CC[PH](c1ccccc1)(c1ccccc1)c1ccccc1. The van der Waals surface area contributed by atoms with Gasteiger partial charge in [0.1, 0.15) is 0 Å². The van der Waals surface area contributed by atoms with E-state index < -0.39 is 20.6 Å². The van der Waals surface area contributed by atoms with Crippen molar-refractivity contribution in [2.24, 2.45) is 0 Å². The fourth-order valence-electron chi connectivity index (χ4n) is 7.11. The molecule has 1 nitrogen and oxygen atoms in total. The van der Waals surface area contributed by atoms with Crippen LogP contribution in [0.1, 0.15) is 12.8 Å². The Balaban J connectivity index is 1.36. The van der Waals surface area contributed by atoms with E-state index in [1.807, 2.05) is 0 Å². The van der Waals surface area contributed by atoms with Crippen molar-refractivity contribution in [2.75, 3.05) is 12.3 Å². The molecule has 0 unspecified atom stereocenters. The summed E-state index contributed by atoms with van der Waals surface area (Å²) in [5.41, 5.74) is 0. The number of rotatable bonds is 12. The Kier molecular flexibility index (Phi) is 9.80. The van der Waals surface area contributed by atoms with Gasteiger partial charge in [-0.05, 0) is 0 Å². The van der Waals surface area contributed by atoms with E-state index in [9.17, 15) is 5.11 Å². The van der Waals surface area contributed by atoms with E-state index in [0.717, 1.165) is 25.2 Å². The molecule has 0 saturated heterocycles. The van der Waals surface area contributed by atoms with Crippen molar-refractivity contribution in [3.8, 4) is 0 Å². The fourth-order valence-corrected chi connectivity index (χ4v) is 16.9. The Morgan fingerprint density at radius 3 is 0.682 bits per heavy atom. The van der Waals surface area contributed by atoms with Gasteiger partial charge in [0.25, 0.3) is 0 Å². The van der Waals surface area contributed by atoms with Crippen molar-refractivity contribution < 1.29 is 5.11 Å². The van der Waals surface area contributed by atoms with Crippen molar-refractivity contribution in [1.29, 1.82) is 0 Å². The number of benzene rings is 6. The predicted molar refractivity (Wildman–Crippen MR) is 198 cm³/mol. The summed E-state index contributed by atoms with van der Waals surface area (Å²) in [6.45, 7) is 0. The third-order valence-electron chi connectivity index (χ3n) is 9.30. The number of aliphatic hydroxyl groups excluding tert-OH is 1. The van der Waals surface area contributed by atoms with Gasteiger partial charge < -0.3 is 0 Å². The molecule has 0 aliphatic carbocycles. The first kappa shape index (κ1) is 30.2. The van der Waals surface area contributed by atoms with Crippen molar-refractivity contribution in [3.63, 3.8) is 0 Å². The Hall–Kier alpha value is -3.86. The molecule has 0 fully saturated rings. The molecule has 0 aromatic heterocycles. The topological polar surface area (TPSA) is 20.2 Å². The van der Waals surface area contributed by atoms with Crippen LogP contribution in [0.4, 0.5) is 0 Å². The van der Waals surface area contributed by atoms with Crippen molar-refractivity contribution in [2.45, 2.75) is 18.9 Å². The Bertz CT molecular complexity index is 1370. The van der Waals surface area contributed by atoms with Gasteiger partial charge in [0.15, 0.2) is 0 Å². The normalized spacial score (nSPS) is 13.2. The summed E-state index contributed by atoms with van der Waals surface area (Å²) < 4.78 is 0. The second-order valence-electron chi connectivity index (χ2n) is 11.7. The van der Waals surface area contributed by atoms with Crippen molar-refractivity contribution in [1.82, 2.24) is 0 Å². The number of hydrogen-bond acceptors (Lipinski definition) is 1. The van der Waals surface area contributed by atoms with Gasteiger partial charge in [0.2, 0.25) is 0 Å². The van der Waals surface area contributed by atoms with Crippen LogP contribution in [0.3, 0.4) is 0 Å². The molecular weight excluding hydrogens is 570 g/mol. The van der Waals surface area contributed by atoms with Crippen molar-refractivity contribution in [3.05, 3.63) is 182 Å². The molecule has 0 spiro atoms. The zero-order valence-corrected chi connectivity index (χ0v) is 27.2. The van der Waals surface area contributed by atoms with Crippen LogP contribution >= 0.6 is 14.5 Å². The number of hydrogen-bond donors (Lipinski definition) is 1. The van der Waals surface area contributed by atoms with E-state index in [4.69, 9.17) is 0 Å². The summed E-state index contributed by atoms with van der Waals surface area (Å²) in [7, 11) is -4.80. The summed E-state index contributed by atoms with van der Waals surface area (Å²) in [4.78, 5) is 0. The summed E-state index contributed by atoms with van der Waals surface area (Å²) in [5, 5.41) is 20.3. The minimum atomic E-state index is -2.40. The molecular formula is C41H42OP2. The van der Waals surface area contributed by atoms with Gasteiger partial charge in [0, 0.05) is 0 Å². The first-order chi connectivity index (χ1) is 21.7. The third kappa shape index (κ3) is 6.20. The van der Waals surface area contributed by atoms with Crippen LogP contribution in [0.5, 0.6) is 0 Å². The Labute approximate surface area is 264 Å². The van der Waals surface area contributed by atoms with Crippen LogP contribution < -0.4 is 31.8 Å². The van der Waals surface area contributed by atoms with Gasteiger partial charge in [0.05, 0.1) is 0 Å². The first-order valence-electron chi connectivity index (χ1n) is 15.7. The summed E-state index contributed by atoms with van der Waals surface area (Å²) >= 11 is 0. The molecule has 1 N–H and O–H groups in total. The maximum atomic E-state index is 11.9. The van der Waals surface area contributed by atoms with Crippen LogP contribution in [0.25, 0.3) is 0 Å². The molecule has 6 aromatic rings. The fraction of sp³-hybridized carbons (Fsp3) is 0.122. The second-order valence-corrected chi connectivity index (χ2v) is 19.8. The van der Waals surface area contributed by atoms with Crippen LogP contribution in [-0.2, 0) is 0 Å². The molecule has 0 radical (unpaired) electrons. The van der Waals surface area contributed by atoms with Gasteiger partial charge in [-0.1, -0.05) is 0 Å². The van der Waals surface area contributed by atoms with E-state index >= 15 is 0 Å². The van der Waals surface area contributed by atoms with Gasteiger partial charge >= 0.3 is 265 Å². The van der Waals surface area contributed by atoms with Crippen molar-refractivity contribution >= 4 is 46.4 Å².